The molecule has 0 unspecified atom stereocenters. The molecule has 0 radical (unpaired) electrons. The highest BCUT2D eigenvalue weighted by Crippen LogP contribution is 2.51. The molecule has 1 atom stereocenters. The summed E-state index contributed by atoms with van der Waals surface area (Å²) in [5, 5.41) is 11.7. The number of ether oxygens (including phenoxy) is 2. The molecule has 0 aromatic heterocycles. The van der Waals surface area contributed by atoms with Crippen LogP contribution in [0.3, 0.4) is 0 Å². The van der Waals surface area contributed by atoms with Crippen LogP contribution in [0.5, 0.6) is 11.5 Å². The van der Waals surface area contributed by atoms with Gasteiger partial charge in [0.1, 0.15) is 5.78 Å². The fourth-order valence-corrected chi connectivity index (χ4v) is 5.14. The van der Waals surface area contributed by atoms with Crippen LogP contribution in [0.2, 0.25) is 0 Å². The lowest BCUT2D eigenvalue weighted by Gasteiger charge is -2.15. The molecule has 0 spiro atoms. The van der Waals surface area contributed by atoms with Crippen LogP contribution in [-0.4, -0.2) is 46.9 Å². The molecule has 0 bridgehead atoms. The van der Waals surface area contributed by atoms with Gasteiger partial charge in [-0.3, -0.25) is 4.79 Å². The molecule has 200 valence electrons. The van der Waals surface area contributed by atoms with Crippen molar-refractivity contribution in [3.63, 3.8) is 0 Å². The first-order valence-electron chi connectivity index (χ1n) is 12.4. The largest absolute Gasteiger partial charge is 0.454 e. The van der Waals surface area contributed by atoms with E-state index in [0.29, 0.717) is 19.1 Å². The Hall–Kier alpha value is -2.88. The van der Waals surface area contributed by atoms with Crippen molar-refractivity contribution in [2.24, 2.45) is 0 Å². The van der Waals surface area contributed by atoms with Crippen LogP contribution in [0.15, 0.2) is 71.6 Å². The zero-order chi connectivity index (χ0) is 25.0. The van der Waals surface area contributed by atoms with Crippen molar-refractivity contribution in [3.8, 4) is 22.6 Å². The van der Waals surface area contributed by atoms with E-state index in [4.69, 9.17) is 19.1 Å². The lowest BCUT2D eigenvalue weighted by atomic mass is 9.87. The molecule has 1 saturated heterocycles. The van der Waals surface area contributed by atoms with E-state index in [1.54, 1.807) is 0 Å². The predicted molar refractivity (Wildman–Crippen MR) is 149 cm³/mol. The fourth-order valence-electron chi connectivity index (χ4n) is 4.88. The molecule has 2 heterocycles. The molecule has 6 rings (SSSR count). The van der Waals surface area contributed by atoms with Gasteiger partial charge in [0.25, 0.3) is 0 Å². The van der Waals surface area contributed by atoms with E-state index >= 15 is 0 Å². The molecule has 2 aliphatic heterocycles. The number of aliphatic hydroxyl groups excluding tert-OH is 1. The van der Waals surface area contributed by atoms with Crippen molar-refractivity contribution < 1.29 is 32.3 Å². The zero-order valence-corrected chi connectivity index (χ0v) is 21.4. The standard InChI is InChI=1S/C24H20O4S.C5H11NO.H2O.2H2/c25-23(24(10-11-24)19-6-9-21-22(14-19)28-15-27-21)13-16-2-1-3-18(12-16)17-4-7-20(29-26)8-5-17;7-4-5-2-1-3-6-5;;;/h1-9,12,14,26H,10-11,13,15H2;5-7H,1-4H2;1H2;2*1H/t;5-;;;/m.1.../s1. The van der Waals surface area contributed by atoms with Crippen molar-refractivity contribution in [2.75, 3.05) is 19.9 Å². The molecular formula is C29H37NO6S. The number of Topliss-reactive ketones (excluding diaryl/α,β-unsaturated/α-hetero) is 1. The van der Waals surface area contributed by atoms with Crippen LogP contribution in [0.4, 0.5) is 0 Å². The van der Waals surface area contributed by atoms with Gasteiger partial charge >= 0.3 is 0 Å². The van der Waals surface area contributed by atoms with E-state index < -0.39 is 5.41 Å². The summed E-state index contributed by atoms with van der Waals surface area (Å²) in [5.74, 6) is 1.73. The van der Waals surface area contributed by atoms with Crippen molar-refractivity contribution >= 4 is 17.8 Å². The zero-order valence-electron chi connectivity index (χ0n) is 20.6. The molecule has 0 amide bonds. The minimum atomic E-state index is -0.392. The van der Waals surface area contributed by atoms with Crippen molar-refractivity contribution in [1.82, 2.24) is 5.32 Å². The SMILES string of the molecule is O.O=C(Cc1cccc(-c2ccc(SO)cc2)c1)C1(c2ccc3c(c2)OCO3)CC1.OC[C@H]1CCCN1.[HH].[HH]. The Morgan fingerprint density at radius 3 is 2.46 bits per heavy atom. The maximum Gasteiger partial charge on any atom is 0.231 e. The summed E-state index contributed by atoms with van der Waals surface area (Å²) in [7, 11) is 0. The van der Waals surface area contributed by atoms with Crippen molar-refractivity contribution in [3.05, 3.63) is 77.9 Å². The maximum absolute atomic E-state index is 13.2. The van der Waals surface area contributed by atoms with E-state index in [9.17, 15) is 4.79 Å². The van der Waals surface area contributed by atoms with Gasteiger partial charge in [-0.15, -0.1) is 0 Å². The van der Waals surface area contributed by atoms with Crippen LogP contribution < -0.4 is 14.8 Å². The number of benzene rings is 3. The summed E-state index contributed by atoms with van der Waals surface area (Å²) in [6.45, 7) is 1.63. The third-order valence-electron chi connectivity index (χ3n) is 7.18. The molecular weight excluding hydrogens is 490 g/mol. The average molecular weight is 528 g/mol. The van der Waals surface area contributed by atoms with Crippen molar-refractivity contribution in [2.45, 2.75) is 48.5 Å². The number of hydrogen-bond donors (Lipinski definition) is 3. The van der Waals surface area contributed by atoms with Crippen LogP contribution >= 0.6 is 12.0 Å². The number of aliphatic hydroxyl groups is 1. The second-order valence-corrected chi connectivity index (χ2v) is 10.2. The highest BCUT2D eigenvalue weighted by atomic mass is 32.2. The van der Waals surface area contributed by atoms with Gasteiger partial charge in [-0.05, 0) is 78.7 Å². The highest BCUT2D eigenvalue weighted by molar-refractivity contribution is 7.93. The molecule has 1 saturated carbocycles. The smallest absolute Gasteiger partial charge is 0.231 e. The van der Waals surface area contributed by atoms with Crippen LogP contribution in [0, 0.1) is 0 Å². The quantitative estimate of drug-likeness (QED) is 0.374. The number of carbonyl (C=O) groups is 1. The van der Waals surface area contributed by atoms with Gasteiger partial charge in [0.05, 0.1) is 12.0 Å². The molecule has 37 heavy (non-hydrogen) atoms. The van der Waals surface area contributed by atoms with Gasteiger partial charge < -0.3 is 29.9 Å². The summed E-state index contributed by atoms with van der Waals surface area (Å²) < 4.78 is 20.0. The van der Waals surface area contributed by atoms with E-state index in [1.807, 2.05) is 60.7 Å². The molecule has 2 fully saturated rings. The fraction of sp³-hybridized carbons (Fsp3) is 0.345. The summed E-state index contributed by atoms with van der Waals surface area (Å²) in [6, 6.07) is 22.1. The molecule has 7 nitrogen and oxygen atoms in total. The number of hydrogen-bond acceptors (Lipinski definition) is 7. The second-order valence-electron chi connectivity index (χ2n) is 9.54. The Morgan fingerprint density at radius 1 is 1.03 bits per heavy atom. The monoisotopic (exact) mass is 527 g/mol. The molecule has 8 heteroatoms. The predicted octanol–water partition coefficient (Wildman–Crippen LogP) is 4.89. The first-order chi connectivity index (χ1) is 17.6. The number of rotatable bonds is 7. The van der Waals surface area contributed by atoms with Gasteiger partial charge in [-0.25, -0.2) is 0 Å². The molecule has 1 aliphatic carbocycles. The molecule has 3 aliphatic rings. The lowest BCUT2D eigenvalue weighted by molar-refractivity contribution is -0.120. The molecule has 3 aromatic carbocycles. The average Bonchev–Trinajstić information content (AvgIpc) is 3.32. The first kappa shape index (κ1) is 27.2. The minimum absolute atomic E-state index is 0. The number of ketones is 1. The van der Waals surface area contributed by atoms with Crippen LogP contribution in [0.1, 0.15) is 39.7 Å². The minimum Gasteiger partial charge on any atom is -0.454 e. The third-order valence-corrected chi connectivity index (χ3v) is 7.66. The Bertz CT molecular complexity index is 1220. The molecule has 3 aromatic rings. The van der Waals surface area contributed by atoms with E-state index in [1.165, 1.54) is 6.42 Å². The molecule has 5 N–H and O–H groups in total. The van der Waals surface area contributed by atoms with E-state index in [0.717, 1.165) is 76.5 Å². The Kier molecular flexibility index (Phi) is 8.89. The van der Waals surface area contributed by atoms with Gasteiger partial charge in [0.2, 0.25) is 6.79 Å². The Morgan fingerprint density at radius 2 is 1.81 bits per heavy atom. The number of nitrogens with one attached hydrogen (secondary N) is 1. The third kappa shape index (κ3) is 6.17. The van der Waals surface area contributed by atoms with Gasteiger partial charge in [0.15, 0.2) is 11.5 Å². The maximum atomic E-state index is 13.2. The topological polar surface area (TPSA) is 120 Å². The van der Waals surface area contributed by atoms with Crippen molar-refractivity contribution in [1.29, 1.82) is 0 Å². The summed E-state index contributed by atoms with van der Waals surface area (Å²) >= 11 is 0.738. The summed E-state index contributed by atoms with van der Waals surface area (Å²) in [4.78, 5) is 14.0. The van der Waals surface area contributed by atoms with Gasteiger partial charge in [0, 0.05) is 32.3 Å². The Balaban J connectivity index is 0.000000469. The van der Waals surface area contributed by atoms with E-state index in [2.05, 4.69) is 11.4 Å². The van der Waals surface area contributed by atoms with Gasteiger partial charge in [-0.2, -0.15) is 0 Å². The Labute approximate surface area is 224 Å². The van der Waals surface area contributed by atoms with Crippen LogP contribution in [-0.2, 0) is 16.6 Å². The number of fused-ring (bicyclic) bond motifs is 1. The highest BCUT2D eigenvalue weighted by Gasteiger charge is 2.50. The van der Waals surface area contributed by atoms with Gasteiger partial charge in [-0.1, -0.05) is 42.5 Å². The lowest BCUT2D eigenvalue weighted by Crippen LogP contribution is -2.24. The van der Waals surface area contributed by atoms with Crippen LogP contribution in [0.25, 0.3) is 11.1 Å². The normalized spacial score (nSPS) is 18.4. The van der Waals surface area contributed by atoms with E-state index in [-0.39, 0.29) is 20.9 Å². The second kappa shape index (κ2) is 12.1. The summed E-state index contributed by atoms with van der Waals surface area (Å²) in [5.41, 5.74) is 3.78. The summed E-state index contributed by atoms with van der Waals surface area (Å²) in [6.07, 6.45) is 4.55. The number of carbonyl (C=O) groups excluding carboxylic acids is 1. The first-order valence-corrected chi connectivity index (χ1v) is 13.2.